The molecule has 1 aliphatic carbocycles. The Balaban J connectivity index is 1.55. The van der Waals surface area contributed by atoms with E-state index in [2.05, 4.69) is 20.3 Å². The molecule has 4 rings (SSSR count). The summed E-state index contributed by atoms with van der Waals surface area (Å²) in [7, 11) is 1.85. The molecule has 1 N–H and O–H groups in total. The summed E-state index contributed by atoms with van der Waals surface area (Å²) in [6, 6.07) is 4.10. The lowest BCUT2D eigenvalue weighted by molar-refractivity contribution is 0.0734. The Morgan fingerprint density at radius 1 is 1.21 bits per heavy atom. The highest BCUT2D eigenvalue weighted by atomic mass is 16.2. The van der Waals surface area contributed by atoms with E-state index in [0.717, 1.165) is 49.4 Å². The maximum atomic E-state index is 12.9. The molecule has 0 spiro atoms. The third kappa shape index (κ3) is 2.84. The molecule has 2 fully saturated rings. The molecule has 3 heterocycles. The Morgan fingerprint density at radius 2 is 2.00 bits per heavy atom. The predicted octanol–water partition coefficient (Wildman–Crippen LogP) is 2.77. The molecule has 2 aromatic heterocycles. The van der Waals surface area contributed by atoms with Crippen LogP contribution in [0.25, 0.3) is 0 Å². The highest BCUT2D eigenvalue weighted by Gasteiger charge is 2.32. The van der Waals surface area contributed by atoms with E-state index >= 15 is 0 Å². The average Bonchev–Trinajstić information content (AvgIpc) is 3.38. The van der Waals surface area contributed by atoms with Gasteiger partial charge in [-0.05, 0) is 43.4 Å². The molecule has 6 heteroatoms. The van der Waals surface area contributed by atoms with Gasteiger partial charge in [-0.15, -0.1) is 0 Å². The molecule has 1 saturated heterocycles. The Morgan fingerprint density at radius 3 is 2.71 bits per heavy atom. The van der Waals surface area contributed by atoms with E-state index in [1.165, 1.54) is 0 Å². The van der Waals surface area contributed by atoms with Gasteiger partial charge in [0.25, 0.3) is 5.91 Å². The molecule has 6 nitrogen and oxygen atoms in total. The summed E-state index contributed by atoms with van der Waals surface area (Å²) < 4.78 is 0. The number of hydrogen-bond donors (Lipinski definition) is 1. The van der Waals surface area contributed by atoms with Crippen molar-refractivity contribution in [2.75, 3.05) is 18.9 Å². The number of carbonyl (C=O) groups excluding carboxylic acids is 1. The molecule has 2 aliphatic rings. The molecule has 24 heavy (non-hydrogen) atoms. The highest BCUT2D eigenvalue weighted by molar-refractivity contribution is 5.94. The second kappa shape index (κ2) is 6.19. The zero-order valence-electron chi connectivity index (χ0n) is 13.8. The fraction of sp³-hybridized carbons (Fsp3) is 0.444. The maximum absolute atomic E-state index is 12.9. The molecule has 0 bridgehead atoms. The molecule has 2 aromatic rings. The zero-order chi connectivity index (χ0) is 16.5. The smallest absolute Gasteiger partial charge is 0.257 e. The molecule has 124 valence electrons. The molecule has 1 amide bonds. The number of carbonyl (C=O) groups is 1. The molecular weight excluding hydrogens is 302 g/mol. The minimum atomic E-state index is 0.0164. The first-order valence-electron chi connectivity index (χ1n) is 8.53. The number of aromatic nitrogens is 3. The van der Waals surface area contributed by atoms with Crippen LogP contribution in [0.3, 0.4) is 0 Å². The molecule has 1 saturated carbocycles. The SMILES string of the molecule is CNc1cc(C2CCCN2C(=O)c2cnc(C3CC3)nc2)ccn1. The van der Waals surface area contributed by atoms with Crippen LogP contribution in [0.15, 0.2) is 30.7 Å². The van der Waals surface area contributed by atoms with Crippen molar-refractivity contribution in [2.45, 2.75) is 37.6 Å². The Kier molecular flexibility index (Phi) is 3.88. The molecule has 1 atom stereocenters. The summed E-state index contributed by atoms with van der Waals surface area (Å²) in [4.78, 5) is 27.8. The van der Waals surface area contributed by atoms with Crippen molar-refractivity contribution in [1.82, 2.24) is 19.9 Å². The average molecular weight is 323 g/mol. The first kappa shape index (κ1) is 15.1. The quantitative estimate of drug-likeness (QED) is 0.937. The van der Waals surface area contributed by atoms with Crippen LogP contribution in [0.5, 0.6) is 0 Å². The summed E-state index contributed by atoms with van der Waals surface area (Å²) in [5.74, 6) is 2.22. The Labute approximate surface area is 141 Å². The maximum Gasteiger partial charge on any atom is 0.257 e. The second-order valence-corrected chi connectivity index (χ2v) is 6.49. The van der Waals surface area contributed by atoms with Gasteiger partial charge in [-0.25, -0.2) is 15.0 Å². The van der Waals surface area contributed by atoms with Crippen molar-refractivity contribution < 1.29 is 4.79 Å². The van der Waals surface area contributed by atoms with Crippen LogP contribution in [-0.4, -0.2) is 39.4 Å². The normalized spacial score (nSPS) is 20.2. The van der Waals surface area contributed by atoms with Crippen LogP contribution in [0.2, 0.25) is 0 Å². The number of nitrogens with zero attached hydrogens (tertiary/aromatic N) is 4. The number of nitrogens with one attached hydrogen (secondary N) is 1. The summed E-state index contributed by atoms with van der Waals surface area (Å²) in [5.41, 5.74) is 1.70. The number of likely N-dealkylation sites (tertiary alicyclic amines) is 1. The van der Waals surface area contributed by atoms with E-state index in [1.54, 1.807) is 18.6 Å². The van der Waals surface area contributed by atoms with E-state index in [0.29, 0.717) is 11.5 Å². The van der Waals surface area contributed by atoms with Gasteiger partial charge >= 0.3 is 0 Å². The van der Waals surface area contributed by atoms with Crippen LogP contribution in [-0.2, 0) is 0 Å². The second-order valence-electron chi connectivity index (χ2n) is 6.49. The third-order valence-electron chi connectivity index (χ3n) is 4.80. The van der Waals surface area contributed by atoms with Crippen molar-refractivity contribution in [3.63, 3.8) is 0 Å². The van der Waals surface area contributed by atoms with Crippen LogP contribution < -0.4 is 5.32 Å². The van der Waals surface area contributed by atoms with Crippen molar-refractivity contribution in [1.29, 1.82) is 0 Å². The van der Waals surface area contributed by atoms with Gasteiger partial charge in [-0.2, -0.15) is 0 Å². The largest absolute Gasteiger partial charge is 0.373 e. The number of hydrogen-bond acceptors (Lipinski definition) is 5. The topological polar surface area (TPSA) is 71.0 Å². The van der Waals surface area contributed by atoms with E-state index in [-0.39, 0.29) is 11.9 Å². The van der Waals surface area contributed by atoms with Gasteiger partial charge in [-0.3, -0.25) is 4.79 Å². The van der Waals surface area contributed by atoms with E-state index in [1.807, 2.05) is 24.1 Å². The minimum Gasteiger partial charge on any atom is -0.373 e. The first-order valence-corrected chi connectivity index (χ1v) is 8.53. The van der Waals surface area contributed by atoms with Gasteiger partial charge < -0.3 is 10.2 Å². The Hall–Kier alpha value is -2.50. The summed E-state index contributed by atoms with van der Waals surface area (Å²) in [6.07, 6.45) is 9.47. The standard InChI is InChI=1S/C18H21N5O/c1-19-16-9-13(6-7-20-16)15-3-2-8-23(15)18(24)14-10-21-17(22-11-14)12-4-5-12/h6-7,9-12,15H,2-5,8H2,1H3,(H,19,20). The molecular formula is C18H21N5O. The van der Waals surface area contributed by atoms with Crippen LogP contribution in [0.4, 0.5) is 5.82 Å². The summed E-state index contributed by atoms with van der Waals surface area (Å²) in [5, 5.41) is 3.05. The van der Waals surface area contributed by atoms with Crippen molar-refractivity contribution in [3.8, 4) is 0 Å². The van der Waals surface area contributed by atoms with Gasteiger partial charge in [0, 0.05) is 38.1 Å². The third-order valence-corrected chi connectivity index (χ3v) is 4.80. The summed E-state index contributed by atoms with van der Waals surface area (Å²) in [6.45, 7) is 0.769. The van der Waals surface area contributed by atoms with Crippen molar-refractivity contribution >= 4 is 11.7 Å². The lowest BCUT2D eigenvalue weighted by Gasteiger charge is -2.25. The first-order chi connectivity index (χ1) is 11.8. The number of pyridine rings is 1. The fourth-order valence-electron chi connectivity index (χ4n) is 3.31. The van der Waals surface area contributed by atoms with Crippen LogP contribution in [0.1, 0.15) is 59.4 Å². The van der Waals surface area contributed by atoms with Gasteiger partial charge in [0.1, 0.15) is 11.6 Å². The molecule has 1 unspecified atom stereocenters. The number of rotatable bonds is 4. The minimum absolute atomic E-state index is 0.0164. The van der Waals surface area contributed by atoms with Gasteiger partial charge in [-0.1, -0.05) is 0 Å². The lowest BCUT2D eigenvalue weighted by Crippen LogP contribution is -2.30. The lowest BCUT2D eigenvalue weighted by atomic mass is 10.1. The van der Waals surface area contributed by atoms with E-state index in [9.17, 15) is 4.79 Å². The van der Waals surface area contributed by atoms with E-state index < -0.39 is 0 Å². The number of amides is 1. The Bertz CT molecular complexity index is 741. The molecule has 0 radical (unpaired) electrons. The molecule has 1 aliphatic heterocycles. The number of anilines is 1. The van der Waals surface area contributed by atoms with Gasteiger partial charge in [0.15, 0.2) is 0 Å². The zero-order valence-corrected chi connectivity index (χ0v) is 13.8. The predicted molar refractivity (Wildman–Crippen MR) is 90.8 cm³/mol. The fourth-order valence-corrected chi connectivity index (χ4v) is 3.31. The van der Waals surface area contributed by atoms with E-state index in [4.69, 9.17) is 0 Å². The van der Waals surface area contributed by atoms with Crippen molar-refractivity contribution in [3.05, 3.63) is 47.7 Å². The van der Waals surface area contributed by atoms with Crippen LogP contribution >= 0.6 is 0 Å². The monoisotopic (exact) mass is 323 g/mol. The van der Waals surface area contributed by atoms with Gasteiger partial charge in [0.2, 0.25) is 0 Å². The molecule has 0 aromatic carbocycles. The highest BCUT2D eigenvalue weighted by Crippen LogP contribution is 2.38. The van der Waals surface area contributed by atoms with Crippen LogP contribution in [0, 0.1) is 0 Å². The van der Waals surface area contributed by atoms with Crippen molar-refractivity contribution in [2.24, 2.45) is 0 Å². The summed E-state index contributed by atoms with van der Waals surface area (Å²) >= 11 is 0. The van der Waals surface area contributed by atoms with Gasteiger partial charge in [0.05, 0.1) is 11.6 Å².